The fraction of sp³-hybridized carbons (Fsp3) is 0.360. The highest BCUT2D eigenvalue weighted by atomic mass is 79.9. The molecule has 0 spiro atoms. The molecule has 2 aromatic carbocycles. The van der Waals surface area contributed by atoms with Crippen molar-refractivity contribution >= 4 is 21.9 Å². The fourth-order valence-corrected chi connectivity index (χ4v) is 4.58. The van der Waals surface area contributed by atoms with Crippen LogP contribution in [0.2, 0.25) is 0 Å². The number of carbonyl (C=O) groups is 1. The number of hydrogen-bond donors (Lipinski definition) is 1. The third-order valence-electron chi connectivity index (χ3n) is 5.99. The molecule has 0 saturated carbocycles. The molecule has 0 radical (unpaired) electrons. The molecule has 2 heterocycles. The summed E-state index contributed by atoms with van der Waals surface area (Å²) in [4.78, 5) is 41.9. The predicted molar refractivity (Wildman–Crippen MR) is 137 cm³/mol. The van der Waals surface area contributed by atoms with Crippen LogP contribution in [0.4, 0.5) is 0 Å². The van der Waals surface area contributed by atoms with Crippen LogP contribution in [0.3, 0.4) is 0 Å². The zero-order valence-electron chi connectivity index (χ0n) is 20.5. The van der Waals surface area contributed by atoms with Crippen LogP contribution in [0.5, 0.6) is 17.2 Å². The number of nitrogens with one attached hydrogen (secondary N) is 1. The Labute approximate surface area is 215 Å². The number of aromatic amines is 1. The van der Waals surface area contributed by atoms with Gasteiger partial charge in [-0.05, 0) is 91.1 Å². The standard InChI is InChI=1S/C25H27BrN4O6/c1-14-11-16(12-15(2)22(14)35-18-5-6-20(34-4)19(26)13-18)30-25(33)27-23(31)21(28-30)24(32)36-17-7-9-29(3)10-8-17/h5-6,11-13,17H,7-10H2,1-4H3,(H,27,31,33). The van der Waals surface area contributed by atoms with Gasteiger partial charge in [-0.15, -0.1) is 0 Å². The Bertz CT molecular complexity index is 1390. The molecule has 1 aliphatic heterocycles. The predicted octanol–water partition coefficient (Wildman–Crippen LogP) is 3.35. The van der Waals surface area contributed by atoms with Gasteiger partial charge in [0.15, 0.2) is 0 Å². The van der Waals surface area contributed by atoms with Crippen LogP contribution in [0.1, 0.15) is 34.5 Å². The minimum absolute atomic E-state index is 0.297. The van der Waals surface area contributed by atoms with E-state index in [9.17, 15) is 14.4 Å². The first-order valence-electron chi connectivity index (χ1n) is 11.4. The van der Waals surface area contributed by atoms with E-state index in [1.54, 1.807) is 37.4 Å². The van der Waals surface area contributed by atoms with E-state index in [1.165, 1.54) is 0 Å². The minimum Gasteiger partial charge on any atom is -0.496 e. The molecule has 10 nitrogen and oxygen atoms in total. The maximum absolute atomic E-state index is 12.7. The van der Waals surface area contributed by atoms with E-state index in [2.05, 4.69) is 30.9 Å². The summed E-state index contributed by atoms with van der Waals surface area (Å²) in [5.41, 5.74) is -0.273. The molecule has 190 valence electrons. The largest absolute Gasteiger partial charge is 0.496 e. The van der Waals surface area contributed by atoms with Crippen LogP contribution in [0.15, 0.2) is 44.4 Å². The van der Waals surface area contributed by atoms with Gasteiger partial charge in [0.2, 0.25) is 5.69 Å². The highest BCUT2D eigenvalue weighted by molar-refractivity contribution is 9.10. The lowest BCUT2D eigenvalue weighted by Gasteiger charge is -2.28. The number of aryl methyl sites for hydroxylation is 2. The van der Waals surface area contributed by atoms with Crippen molar-refractivity contribution in [2.24, 2.45) is 0 Å². The van der Waals surface area contributed by atoms with Gasteiger partial charge in [-0.1, -0.05) is 0 Å². The third kappa shape index (κ3) is 5.52. The fourth-order valence-electron chi connectivity index (χ4n) is 4.06. The van der Waals surface area contributed by atoms with Crippen LogP contribution in [-0.4, -0.2) is 59.0 Å². The Morgan fingerprint density at radius 2 is 1.78 bits per heavy atom. The number of benzene rings is 2. The Kier molecular flexibility index (Phi) is 7.60. The molecule has 1 N–H and O–H groups in total. The molecule has 1 aliphatic rings. The van der Waals surface area contributed by atoms with Gasteiger partial charge in [-0.25, -0.2) is 9.59 Å². The van der Waals surface area contributed by atoms with Crippen molar-refractivity contribution in [3.05, 3.63) is 72.5 Å². The molecule has 0 aliphatic carbocycles. The molecule has 0 bridgehead atoms. The summed E-state index contributed by atoms with van der Waals surface area (Å²) in [6.45, 7) is 5.25. The maximum Gasteiger partial charge on any atom is 0.364 e. The Hall–Kier alpha value is -3.44. The molecule has 1 saturated heterocycles. The van der Waals surface area contributed by atoms with Gasteiger partial charge in [0.1, 0.15) is 23.4 Å². The summed E-state index contributed by atoms with van der Waals surface area (Å²) in [6.07, 6.45) is 1.05. The Morgan fingerprint density at radius 1 is 1.11 bits per heavy atom. The van der Waals surface area contributed by atoms with Crippen molar-refractivity contribution in [3.63, 3.8) is 0 Å². The number of halogens is 1. The summed E-state index contributed by atoms with van der Waals surface area (Å²) < 4.78 is 18.6. The highest BCUT2D eigenvalue weighted by Crippen LogP contribution is 2.34. The average molecular weight is 559 g/mol. The van der Waals surface area contributed by atoms with Crippen molar-refractivity contribution in [3.8, 4) is 22.9 Å². The van der Waals surface area contributed by atoms with Crippen LogP contribution in [-0.2, 0) is 4.74 Å². The molecule has 0 amide bonds. The van der Waals surface area contributed by atoms with Crippen LogP contribution < -0.4 is 20.7 Å². The summed E-state index contributed by atoms with van der Waals surface area (Å²) in [5, 5.41) is 4.06. The zero-order valence-corrected chi connectivity index (χ0v) is 22.0. The van der Waals surface area contributed by atoms with Crippen LogP contribution >= 0.6 is 15.9 Å². The Balaban J connectivity index is 1.62. The van der Waals surface area contributed by atoms with Gasteiger partial charge in [-0.2, -0.15) is 9.78 Å². The maximum atomic E-state index is 12.7. The van der Waals surface area contributed by atoms with Gasteiger partial charge in [0.25, 0.3) is 5.56 Å². The van der Waals surface area contributed by atoms with Crippen LogP contribution in [0.25, 0.3) is 5.69 Å². The third-order valence-corrected chi connectivity index (χ3v) is 6.61. The number of hydrogen-bond acceptors (Lipinski definition) is 8. The number of nitrogens with zero attached hydrogens (tertiary/aromatic N) is 3. The summed E-state index contributed by atoms with van der Waals surface area (Å²) in [7, 11) is 3.58. The van der Waals surface area contributed by atoms with E-state index in [4.69, 9.17) is 14.2 Å². The molecule has 3 aromatic rings. The number of ether oxygens (including phenoxy) is 3. The van der Waals surface area contributed by atoms with Crippen molar-refractivity contribution in [1.29, 1.82) is 0 Å². The normalized spacial score (nSPS) is 14.5. The molecule has 1 fully saturated rings. The number of esters is 1. The number of piperidine rings is 1. The van der Waals surface area contributed by atoms with Gasteiger partial charge in [0.05, 0.1) is 17.3 Å². The van der Waals surface area contributed by atoms with E-state index >= 15 is 0 Å². The molecule has 36 heavy (non-hydrogen) atoms. The average Bonchev–Trinajstić information content (AvgIpc) is 2.83. The lowest BCUT2D eigenvalue weighted by atomic mass is 10.1. The second-order valence-corrected chi connectivity index (χ2v) is 9.59. The lowest BCUT2D eigenvalue weighted by molar-refractivity contribution is 0.0128. The number of aromatic nitrogens is 3. The van der Waals surface area contributed by atoms with E-state index < -0.39 is 22.9 Å². The summed E-state index contributed by atoms with van der Waals surface area (Å²) in [6, 6.07) is 8.75. The highest BCUT2D eigenvalue weighted by Gasteiger charge is 2.25. The smallest absolute Gasteiger partial charge is 0.364 e. The summed E-state index contributed by atoms with van der Waals surface area (Å²) >= 11 is 3.45. The minimum atomic E-state index is -0.882. The van der Waals surface area contributed by atoms with E-state index in [0.29, 0.717) is 35.8 Å². The van der Waals surface area contributed by atoms with Gasteiger partial charge >= 0.3 is 11.7 Å². The second kappa shape index (κ2) is 10.7. The second-order valence-electron chi connectivity index (χ2n) is 8.73. The molecular weight excluding hydrogens is 532 g/mol. The van der Waals surface area contributed by atoms with Crippen molar-refractivity contribution < 1.29 is 19.0 Å². The molecular formula is C25H27BrN4O6. The topological polar surface area (TPSA) is 116 Å². The van der Waals surface area contributed by atoms with Crippen molar-refractivity contribution in [1.82, 2.24) is 19.7 Å². The SMILES string of the molecule is COc1ccc(Oc2c(C)cc(-n3nc(C(=O)OC4CCN(C)CC4)c(=O)[nH]c3=O)cc2C)cc1Br. The van der Waals surface area contributed by atoms with Gasteiger partial charge in [0, 0.05) is 13.1 Å². The molecule has 0 atom stereocenters. The first kappa shape index (κ1) is 25.6. The number of methoxy groups -OCH3 is 1. The van der Waals surface area contributed by atoms with Crippen molar-refractivity contribution in [2.75, 3.05) is 27.2 Å². The zero-order chi connectivity index (χ0) is 26.0. The number of H-pyrrole nitrogens is 1. The lowest BCUT2D eigenvalue weighted by Crippen LogP contribution is -2.39. The van der Waals surface area contributed by atoms with Crippen molar-refractivity contribution in [2.45, 2.75) is 32.8 Å². The molecule has 4 rings (SSSR count). The monoisotopic (exact) mass is 558 g/mol. The van der Waals surface area contributed by atoms with E-state index in [0.717, 1.165) is 33.4 Å². The first-order valence-corrected chi connectivity index (χ1v) is 12.2. The number of rotatable bonds is 6. The number of likely N-dealkylation sites (tertiary alicyclic amines) is 1. The summed E-state index contributed by atoms with van der Waals surface area (Å²) in [5.74, 6) is 1.04. The number of carbonyl (C=O) groups excluding carboxylic acids is 1. The molecule has 1 aromatic heterocycles. The first-order chi connectivity index (χ1) is 17.2. The van der Waals surface area contributed by atoms with Crippen LogP contribution in [0, 0.1) is 13.8 Å². The quantitative estimate of drug-likeness (QED) is 0.458. The molecule has 11 heteroatoms. The van der Waals surface area contributed by atoms with Gasteiger partial charge in [-0.3, -0.25) is 9.78 Å². The Morgan fingerprint density at radius 3 is 2.39 bits per heavy atom. The van der Waals surface area contributed by atoms with E-state index in [-0.39, 0.29) is 6.10 Å². The van der Waals surface area contributed by atoms with E-state index in [1.807, 2.05) is 20.9 Å². The molecule has 0 unspecified atom stereocenters. The van der Waals surface area contributed by atoms with Gasteiger partial charge < -0.3 is 19.1 Å².